The molecule has 0 aliphatic heterocycles. The van der Waals surface area contributed by atoms with Gasteiger partial charge < -0.3 is 4.90 Å². The molecule has 1 heterocycles. The van der Waals surface area contributed by atoms with Crippen molar-refractivity contribution in [1.82, 2.24) is 19.7 Å². The molecule has 28 heavy (non-hydrogen) atoms. The smallest absolute Gasteiger partial charge is 0.293 e. The second-order valence-electron chi connectivity index (χ2n) is 7.39. The molecule has 0 bridgehead atoms. The largest absolute Gasteiger partial charge is 0.333 e. The first-order valence-electron chi connectivity index (χ1n) is 10.0. The number of fused-ring (bicyclic) bond motifs is 1. The second kappa shape index (κ2) is 7.97. The SMILES string of the molecule is CCCN(C(=O)c1nc(C)n(-c2ccccc2)n1)C1CCc2ccccc2C1. The molecule has 1 amide bonds. The first-order chi connectivity index (χ1) is 13.7. The van der Waals surface area contributed by atoms with E-state index in [-0.39, 0.29) is 17.8 Å². The summed E-state index contributed by atoms with van der Waals surface area (Å²) >= 11 is 0. The Kier molecular flexibility index (Phi) is 5.24. The van der Waals surface area contributed by atoms with Gasteiger partial charge in [-0.2, -0.15) is 0 Å². The lowest BCUT2D eigenvalue weighted by Crippen LogP contribution is -2.44. The predicted molar refractivity (Wildman–Crippen MR) is 110 cm³/mol. The maximum absolute atomic E-state index is 13.3. The number of carbonyl (C=O) groups excluding carboxylic acids is 1. The van der Waals surface area contributed by atoms with E-state index in [4.69, 9.17) is 0 Å². The fourth-order valence-corrected chi connectivity index (χ4v) is 4.06. The number of hydrogen-bond donors (Lipinski definition) is 0. The zero-order valence-electron chi connectivity index (χ0n) is 16.5. The molecule has 2 aromatic carbocycles. The van der Waals surface area contributed by atoms with E-state index in [1.54, 1.807) is 4.68 Å². The van der Waals surface area contributed by atoms with Crippen molar-refractivity contribution in [3.8, 4) is 5.69 Å². The fraction of sp³-hybridized carbons (Fsp3) is 0.348. The standard InChI is InChI=1S/C23H26N4O/c1-3-15-26(21-14-13-18-9-7-8-10-19(18)16-21)23(28)22-24-17(2)27(25-22)20-11-5-4-6-12-20/h4-12,21H,3,13-16H2,1-2H3. The van der Waals surface area contributed by atoms with Crippen molar-refractivity contribution in [1.29, 1.82) is 0 Å². The highest BCUT2D eigenvalue weighted by atomic mass is 16.2. The molecule has 1 aliphatic carbocycles. The van der Waals surface area contributed by atoms with Crippen molar-refractivity contribution in [2.24, 2.45) is 0 Å². The predicted octanol–water partition coefficient (Wildman–Crippen LogP) is 3.99. The van der Waals surface area contributed by atoms with Crippen LogP contribution in [-0.2, 0) is 12.8 Å². The zero-order chi connectivity index (χ0) is 19.5. The van der Waals surface area contributed by atoms with Crippen LogP contribution in [0.5, 0.6) is 0 Å². The van der Waals surface area contributed by atoms with E-state index < -0.39 is 0 Å². The van der Waals surface area contributed by atoms with Crippen LogP contribution in [0.4, 0.5) is 0 Å². The fourth-order valence-electron chi connectivity index (χ4n) is 4.06. The number of benzene rings is 2. The van der Waals surface area contributed by atoms with E-state index in [1.807, 2.05) is 42.2 Å². The summed E-state index contributed by atoms with van der Waals surface area (Å²) in [6.45, 7) is 4.72. The quantitative estimate of drug-likeness (QED) is 0.679. The number of amides is 1. The third kappa shape index (κ3) is 3.57. The molecular formula is C23H26N4O. The average Bonchev–Trinajstić information content (AvgIpc) is 3.13. The lowest BCUT2D eigenvalue weighted by atomic mass is 9.87. The molecule has 0 fully saturated rings. The maximum atomic E-state index is 13.3. The molecule has 0 spiro atoms. The Labute approximate surface area is 166 Å². The molecule has 0 N–H and O–H groups in total. The Morgan fingerprint density at radius 3 is 2.57 bits per heavy atom. The molecule has 4 rings (SSSR count). The molecular weight excluding hydrogens is 348 g/mol. The topological polar surface area (TPSA) is 51.0 Å². The molecule has 144 valence electrons. The zero-order valence-corrected chi connectivity index (χ0v) is 16.5. The molecule has 1 atom stereocenters. The normalized spacial score (nSPS) is 15.9. The van der Waals surface area contributed by atoms with Gasteiger partial charge in [-0.3, -0.25) is 4.79 Å². The van der Waals surface area contributed by atoms with Crippen LogP contribution in [0, 0.1) is 6.92 Å². The molecule has 5 nitrogen and oxygen atoms in total. The molecule has 0 saturated heterocycles. The molecule has 0 radical (unpaired) electrons. The Balaban J connectivity index is 1.60. The van der Waals surface area contributed by atoms with Crippen LogP contribution < -0.4 is 0 Å². The van der Waals surface area contributed by atoms with Gasteiger partial charge in [0.15, 0.2) is 0 Å². The Bertz CT molecular complexity index is 964. The monoisotopic (exact) mass is 374 g/mol. The lowest BCUT2D eigenvalue weighted by molar-refractivity contribution is 0.0649. The highest BCUT2D eigenvalue weighted by molar-refractivity contribution is 5.90. The second-order valence-corrected chi connectivity index (χ2v) is 7.39. The van der Waals surface area contributed by atoms with Crippen molar-refractivity contribution in [3.05, 3.63) is 77.4 Å². The van der Waals surface area contributed by atoms with Crippen LogP contribution in [0.15, 0.2) is 54.6 Å². The van der Waals surface area contributed by atoms with Crippen LogP contribution in [0.2, 0.25) is 0 Å². The summed E-state index contributed by atoms with van der Waals surface area (Å²) in [6, 6.07) is 18.6. The highest BCUT2D eigenvalue weighted by Gasteiger charge is 2.30. The summed E-state index contributed by atoms with van der Waals surface area (Å²) in [5, 5.41) is 4.54. The van der Waals surface area contributed by atoms with Gasteiger partial charge >= 0.3 is 0 Å². The number of carbonyl (C=O) groups is 1. The molecule has 1 aliphatic rings. The summed E-state index contributed by atoms with van der Waals surface area (Å²) in [5.41, 5.74) is 3.68. The van der Waals surface area contributed by atoms with Gasteiger partial charge in [0.25, 0.3) is 5.91 Å². The van der Waals surface area contributed by atoms with E-state index in [9.17, 15) is 4.79 Å². The number of aryl methyl sites for hydroxylation is 2. The van der Waals surface area contributed by atoms with Gasteiger partial charge in [-0.05, 0) is 55.9 Å². The van der Waals surface area contributed by atoms with Crippen molar-refractivity contribution >= 4 is 5.91 Å². The number of rotatable bonds is 5. The molecule has 1 aromatic heterocycles. The van der Waals surface area contributed by atoms with Gasteiger partial charge in [0.2, 0.25) is 5.82 Å². The van der Waals surface area contributed by atoms with Gasteiger partial charge in [0.1, 0.15) is 5.82 Å². The van der Waals surface area contributed by atoms with Gasteiger partial charge in [-0.1, -0.05) is 49.4 Å². The van der Waals surface area contributed by atoms with E-state index in [2.05, 4.69) is 41.3 Å². The molecule has 3 aromatic rings. The molecule has 5 heteroatoms. The lowest BCUT2D eigenvalue weighted by Gasteiger charge is -2.34. The highest BCUT2D eigenvalue weighted by Crippen LogP contribution is 2.25. The van der Waals surface area contributed by atoms with Crippen molar-refractivity contribution < 1.29 is 4.79 Å². The van der Waals surface area contributed by atoms with Crippen molar-refractivity contribution in [3.63, 3.8) is 0 Å². The van der Waals surface area contributed by atoms with Crippen molar-refractivity contribution in [2.45, 2.75) is 45.6 Å². The van der Waals surface area contributed by atoms with Crippen LogP contribution in [0.1, 0.15) is 47.3 Å². The van der Waals surface area contributed by atoms with Crippen LogP contribution in [0.3, 0.4) is 0 Å². The summed E-state index contributed by atoms with van der Waals surface area (Å²) in [7, 11) is 0. The molecule has 1 unspecified atom stereocenters. The summed E-state index contributed by atoms with van der Waals surface area (Å²) < 4.78 is 1.74. The van der Waals surface area contributed by atoms with Gasteiger partial charge in [-0.25, -0.2) is 9.67 Å². The number of hydrogen-bond acceptors (Lipinski definition) is 3. The Hall–Kier alpha value is -2.95. The van der Waals surface area contributed by atoms with E-state index >= 15 is 0 Å². The minimum atomic E-state index is -0.0657. The van der Waals surface area contributed by atoms with Crippen LogP contribution in [-0.4, -0.2) is 38.2 Å². The van der Waals surface area contributed by atoms with Gasteiger partial charge in [0.05, 0.1) is 5.69 Å². The minimum Gasteiger partial charge on any atom is -0.333 e. The third-order valence-electron chi connectivity index (χ3n) is 5.45. The van der Waals surface area contributed by atoms with E-state index in [0.29, 0.717) is 0 Å². The Morgan fingerprint density at radius 1 is 1.11 bits per heavy atom. The average molecular weight is 374 g/mol. The van der Waals surface area contributed by atoms with Crippen LogP contribution in [0.25, 0.3) is 5.69 Å². The Morgan fingerprint density at radius 2 is 1.82 bits per heavy atom. The summed E-state index contributed by atoms with van der Waals surface area (Å²) in [6.07, 6.45) is 3.82. The van der Waals surface area contributed by atoms with E-state index in [0.717, 1.165) is 43.7 Å². The van der Waals surface area contributed by atoms with Gasteiger partial charge in [-0.15, -0.1) is 5.10 Å². The number of aromatic nitrogens is 3. The first kappa shape index (κ1) is 18.4. The van der Waals surface area contributed by atoms with Crippen molar-refractivity contribution in [2.75, 3.05) is 6.54 Å². The number of para-hydroxylation sites is 1. The maximum Gasteiger partial charge on any atom is 0.293 e. The third-order valence-corrected chi connectivity index (χ3v) is 5.45. The minimum absolute atomic E-state index is 0.0657. The van der Waals surface area contributed by atoms with E-state index in [1.165, 1.54) is 11.1 Å². The van der Waals surface area contributed by atoms with Gasteiger partial charge in [0, 0.05) is 12.6 Å². The number of nitrogens with zero attached hydrogens (tertiary/aromatic N) is 4. The molecule has 0 saturated carbocycles. The summed E-state index contributed by atoms with van der Waals surface area (Å²) in [4.78, 5) is 19.8. The first-order valence-corrected chi connectivity index (χ1v) is 10.0. The van der Waals surface area contributed by atoms with Crippen LogP contribution >= 0.6 is 0 Å². The summed E-state index contributed by atoms with van der Waals surface area (Å²) in [5.74, 6) is 0.942.